The molecule has 2 heterocycles. The Bertz CT molecular complexity index is 793. The molecular formula is C18H22N4O. The van der Waals surface area contributed by atoms with Crippen LogP contribution in [0.25, 0.3) is 11.2 Å². The van der Waals surface area contributed by atoms with E-state index in [2.05, 4.69) is 27.8 Å². The number of pyridine rings is 1. The van der Waals surface area contributed by atoms with E-state index in [1.165, 1.54) is 5.56 Å². The van der Waals surface area contributed by atoms with E-state index in [9.17, 15) is 0 Å². The molecule has 2 aromatic heterocycles. The predicted molar refractivity (Wildman–Crippen MR) is 91.7 cm³/mol. The summed E-state index contributed by atoms with van der Waals surface area (Å²) in [5, 5.41) is 0. The monoisotopic (exact) mass is 310 g/mol. The molecule has 0 spiro atoms. The first-order valence-electron chi connectivity index (χ1n) is 7.95. The summed E-state index contributed by atoms with van der Waals surface area (Å²) < 4.78 is 7.60. The van der Waals surface area contributed by atoms with Gasteiger partial charge in [-0.1, -0.05) is 12.1 Å². The Balaban J connectivity index is 1.93. The van der Waals surface area contributed by atoms with Gasteiger partial charge in [0.2, 0.25) is 0 Å². The first kappa shape index (κ1) is 15.5. The lowest BCUT2D eigenvalue weighted by Crippen LogP contribution is -2.13. The minimum absolute atomic E-state index is 0.567. The number of benzene rings is 1. The van der Waals surface area contributed by atoms with Crippen LogP contribution >= 0.6 is 0 Å². The molecule has 2 N–H and O–H groups in total. The zero-order valence-corrected chi connectivity index (χ0v) is 13.6. The molecule has 0 fully saturated rings. The van der Waals surface area contributed by atoms with E-state index in [1.807, 2.05) is 32.2 Å². The average molecular weight is 310 g/mol. The highest BCUT2D eigenvalue weighted by Gasteiger charge is 2.12. The molecule has 0 radical (unpaired) electrons. The lowest BCUT2D eigenvalue weighted by Gasteiger charge is -2.08. The van der Waals surface area contributed by atoms with E-state index in [-0.39, 0.29) is 0 Å². The minimum atomic E-state index is 0.567. The Kier molecular flexibility index (Phi) is 4.57. The number of fused-ring (bicyclic) bond motifs is 1. The number of aromatic nitrogens is 3. The fourth-order valence-electron chi connectivity index (χ4n) is 2.71. The lowest BCUT2D eigenvalue weighted by atomic mass is 10.1. The second kappa shape index (κ2) is 6.79. The van der Waals surface area contributed by atoms with Crippen LogP contribution in [0.2, 0.25) is 0 Å². The summed E-state index contributed by atoms with van der Waals surface area (Å²) in [7, 11) is 0. The van der Waals surface area contributed by atoms with Gasteiger partial charge in [0, 0.05) is 25.7 Å². The number of nitrogens with zero attached hydrogens (tertiary/aromatic N) is 3. The van der Waals surface area contributed by atoms with Gasteiger partial charge in [-0.3, -0.25) is 0 Å². The molecule has 1 aromatic carbocycles. The summed E-state index contributed by atoms with van der Waals surface area (Å²) in [6.07, 6.45) is 2.62. The van der Waals surface area contributed by atoms with Crippen molar-refractivity contribution < 1.29 is 4.74 Å². The van der Waals surface area contributed by atoms with Gasteiger partial charge in [-0.25, -0.2) is 9.97 Å². The second-order valence-electron chi connectivity index (χ2n) is 5.58. The highest BCUT2D eigenvalue weighted by Crippen LogP contribution is 2.19. The molecule has 0 amide bonds. The van der Waals surface area contributed by atoms with Crippen molar-refractivity contribution >= 4 is 11.2 Å². The molecule has 0 aliphatic rings. The smallest absolute Gasteiger partial charge is 0.160 e. The second-order valence-corrected chi connectivity index (χ2v) is 5.58. The third-order valence-corrected chi connectivity index (χ3v) is 3.75. The molecule has 5 heteroatoms. The molecule has 23 heavy (non-hydrogen) atoms. The number of ether oxygens (including phenoxy) is 1. The number of imidazole rings is 1. The zero-order chi connectivity index (χ0) is 16.2. The Labute approximate surface area is 136 Å². The van der Waals surface area contributed by atoms with E-state index in [4.69, 9.17) is 15.5 Å². The van der Waals surface area contributed by atoms with E-state index in [0.717, 1.165) is 41.3 Å². The van der Waals surface area contributed by atoms with Gasteiger partial charge in [0.15, 0.2) is 5.65 Å². The number of aryl methyl sites for hydroxylation is 1. The van der Waals surface area contributed by atoms with E-state index in [0.29, 0.717) is 13.2 Å². The van der Waals surface area contributed by atoms with E-state index in [1.54, 1.807) is 0 Å². The van der Waals surface area contributed by atoms with Gasteiger partial charge in [0.05, 0.1) is 6.61 Å². The molecule has 0 unspecified atom stereocenters. The quantitative estimate of drug-likeness (QED) is 0.760. The summed E-state index contributed by atoms with van der Waals surface area (Å²) in [6.45, 7) is 5.98. The Morgan fingerprint density at radius 3 is 2.70 bits per heavy atom. The van der Waals surface area contributed by atoms with Crippen molar-refractivity contribution in [2.75, 3.05) is 13.2 Å². The zero-order valence-electron chi connectivity index (χ0n) is 13.6. The van der Waals surface area contributed by atoms with Gasteiger partial charge in [0.25, 0.3) is 0 Å². The molecule has 0 saturated heterocycles. The maximum Gasteiger partial charge on any atom is 0.160 e. The lowest BCUT2D eigenvalue weighted by molar-refractivity contribution is 0.340. The molecule has 0 aliphatic carbocycles. The van der Waals surface area contributed by atoms with Crippen LogP contribution in [0.5, 0.6) is 5.75 Å². The molecule has 0 aliphatic heterocycles. The summed E-state index contributed by atoms with van der Waals surface area (Å²) in [6, 6.07) is 10.2. The average Bonchev–Trinajstić information content (AvgIpc) is 2.87. The van der Waals surface area contributed by atoms with Gasteiger partial charge in [-0.2, -0.15) is 0 Å². The normalized spacial score (nSPS) is 11.1. The maximum absolute atomic E-state index is 5.76. The third-order valence-electron chi connectivity index (χ3n) is 3.75. The summed E-state index contributed by atoms with van der Waals surface area (Å²) in [5.74, 6) is 1.89. The van der Waals surface area contributed by atoms with Crippen LogP contribution in [0.3, 0.4) is 0 Å². The topological polar surface area (TPSA) is 66.0 Å². The van der Waals surface area contributed by atoms with Gasteiger partial charge < -0.3 is 15.0 Å². The molecular weight excluding hydrogens is 288 g/mol. The molecule has 5 nitrogen and oxygen atoms in total. The van der Waals surface area contributed by atoms with Crippen LogP contribution in [-0.4, -0.2) is 27.7 Å². The van der Waals surface area contributed by atoms with Gasteiger partial charge >= 0.3 is 0 Å². The van der Waals surface area contributed by atoms with E-state index < -0.39 is 0 Å². The number of hydrogen-bond acceptors (Lipinski definition) is 4. The molecule has 0 bridgehead atoms. The first-order chi connectivity index (χ1) is 11.2. The molecule has 0 saturated carbocycles. The Morgan fingerprint density at radius 1 is 1.22 bits per heavy atom. The van der Waals surface area contributed by atoms with Crippen molar-refractivity contribution in [1.82, 2.24) is 14.5 Å². The fourth-order valence-corrected chi connectivity index (χ4v) is 2.71. The molecule has 3 rings (SSSR count). The highest BCUT2D eigenvalue weighted by molar-refractivity contribution is 5.72. The predicted octanol–water partition coefficient (Wildman–Crippen LogP) is 2.69. The Morgan fingerprint density at radius 2 is 2.00 bits per heavy atom. The molecule has 3 aromatic rings. The summed E-state index contributed by atoms with van der Waals surface area (Å²) in [4.78, 5) is 9.28. The van der Waals surface area contributed by atoms with Crippen molar-refractivity contribution in [1.29, 1.82) is 0 Å². The van der Waals surface area contributed by atoms with Crippen LogP contribution in [-0.2, 0) is 13.0 Å². The SMILES string of the molecule is CCOc1ccc(Cc2nc3cc(C)cnc3n2CCN)cc1. The van der Waals surface area contributed by atoms with Crippen molar-refractivity contribution in [2.24, 2.45) is 5.73 Å². The van der Waals surface area contributed by atoms with Gasteiger partial charge in [-0.15, -0.1) is 0 Å². The van der Waals surface area contributed by atoms with Crippen LogP contribution in [0.15, 0.2) is 36.5 Å². The molecule has 0 atom stereocenters. The van der Waals surface area contributed by atoms with E-state index >= 15 is 0 Å². The van der Waals surface area contributed by atoms with Crippen LogP contribution in [0.1, 0.15) is 23.9 Å². The molecule has 120 valence electrons. The van der Waals surface area contributed by atoms with Gasteiger partial charge in [0.1, 0.15) is 17.1 Å². The largest absolute Gasteiger partial charge is 0.494 e. The fraction of sp³-hybridized carbons (Fsp3) is 0.333. The summed E-state index contributed by atoms with van der Waals surface area (Å²) in [5.41, 5.74) is 9.90. The minimum Gasteiger partial charge on any atom is -0.494 e. The third kappa shape index (κ3) is 3.35. The number of hydrogen-bond donors (Lipinski definition) is 1. The highest BCUT2D eigenvalue weighted by atomic mass is 16.5. The van der Waals surface area contributed by atoms with Crippen molar-refractivity contribution in [3.8, 4) is 5.75 Å². The summed E-state index contributed by atoms with van der Waals surface area (Å²) >= 11 is 0. The van der Waals surface area contributed by atoms with Crippen LogP contribution in [0, 0.1) is 6.92 Å². The van der Waals surface area contributed by atoms with Crippen LogP contribution < -0.4 is 10.5 Å². The van der Waals surface area contributed by atoms with Crippen LogP contribution in [0.4, 0.5) is 0 Å². The first-order valence-corrected chi connectivity index (χ1v) is 7.95. The van der Waals surface area contributed by atoms with Crippen molar-refractivity contribution in [2.45, 2.75) is 26.8 Å². The maximum atomic E-state index is 5.76. The van der Waals surface area contributed by atoms with Crippen molar-refractivity contribution in [3.63, 3.8) is 0 Å². The standard InChI is InChI=1S/C18H22N4O/c1-3-23-15-6-4-14(5-7-15)11-17-21-16-10-13(2)12-20-18(16)22(17)9-8-19/h4-7,10,12H,3,8-9,11,19H2,1-2H3. The number of rotatable bonds is 6. The Hall–Kier alpha value is -2.40. The van der Waals surface area contributed by atoms with Crippen molar-refractivity contribution in [3.05, 3.63) is 53.5 Å². The number of nitrogens with two attached hydrogens (primary N) is 1. The van der Waals surface area contributed by atoms with Gasteiger partial charge in [-0.05, 0) is 43.2 Å².